The van der Waals surface area contributed by atoms with Crippen molar-refractivity contribution in [2.24, 2.45) is 0 Å². The average Bonchev–Trinajstić information content (AvgIpc) is 2.49. The Hall–Kier alpha value is -2.56. The van der Waals surface area contributed by atoms with Crippen molar-refractivity contribution in [3.05, 3.63) is 47.8 Å². The first kappa shape index (κ1) is 13.4. The minimum absolute atomic E-state index is 0.0475. The molecule has 1 aromatic heterocycles. The normalized spacial score (nSPS) is 15.0. The van der Waals surface area contributed by atoms with Crippen molar-refractivity contribution in [1.82, 2.24) is 4.98 Å². The van der Waals surface area contributed by atoms with Gasteiger partial charge in [0.15, 0.2) is 0 Å². The Morgan fingerprint density at radius 1 is 1.38 bits per heavy atom. The Morgan fingerprint density at radius 2 is 2.24 bits per heavy atom. The molecule has 5 nitrogen and oxygen atoms in total. The van der Waals surface area contributed by atoms with Crippen molar-refractivity contribution in [3.63, 3.8) is 0 Å². The minimum Gasteiger partial charge on any atom is -0.397 e. The number of nitrogens with one attached hydrogen (secondary N) is 2. The number of nitrogens with zero attached hydrogens (tertiary/aromatic N) is 1. The predicted octanol–water partition coefficient (Wildman–Crippen LogP) is 2.72. The van der Waals surface area contributed by atoms with Crippen molar-refractivity contribution in [2.45, 2.75) is 25.8 Å². The number of hydrogen-bond acceptors (Lipinski definition) is 4. The van der Waals surface area contributed by atoms with Crippen LogP contribution in [0.4, 0.5) is 17.1 Å². The summed E-state index contributed by atoms with van der Waals surface area (Å²) in [6.45, 7) is 2.07. The van der Waals surface area contributed by atoms with Crippen LogP contribution < -0.4 is 16.4 Å². The average molecular weight is 282 g/mol. The third-order valence-corrected chi connectivity index (χ3v) is 3.73. The lowest BCUT2D eigenvalue weighted by Gasteiger charge is -2.22. The lowest BCUT2D eigenvalue weighted by Crippen LogP contribution is -2.19. The number of amides is 1. The highest BCUT2D eigenvalue weighted by molar-refractivity contribution is 5.95. The standard InChI is InChI=1S/C16H18N4O/c1-10(12-3-2-6-18-9-12)19-15-7-11-4-5-16(21)20-14(11)8-13(15)17/h2-3,6-10,19H,4-5,17H2,1H3,(H,20,21). The number of benzene rings is 1. The zero-order valence-electron chi connectivity index (χ0n) is 11.9. The van der Waals surface area contributed by atoms with Gasteiger partial charge in [0, 0.05) is 24.5 Å². The molecule has 0 saturated heterocycles. The van der Waals surface area contributed by atoms with Gasteiger partial charge >= 0.3 is 0 Å². The van der Waals surface area contributed by atoms with Crippen LogP contribution in [-0.4, -0.2) is 10.9 Å². The molecular formula is C16H18N4O. The topological polar surface area (TPSA) is 80.0 Å². The molecule has 1 amide bonds. The smallest absolute Gasteiger partial charge is 0.224 e. The fourth-order valence-electron chi connectivity index (χ4n) is 2.52. The molecule has 3 rings (SSSR count). The van der Waals surface area contributed by atoms with E-state index in [0.717, 1.165) is 28.9 Å². The first-order valence-corrected chi connectivity index (χ1v) is 7.02. The molecule has 0 bridgehead atoms. The van der Waals surface area contributed by atoms with Crippen molar-refractivity contribution < 1.29 is 4.79 Å². The van der Waals surface area contributed by atoms with Crippen LogP contribution in [0.2, 0.25) is 0 Å². The van der Waals surface area contributed by atoms with Gasteiger partial charge in [0.05, 0.1) is 17.4 Å². The third-order valence-electron chi connectivity index (χ3n) is 3.73. The summed E-state index contributed by atoms with van der Waals surface area (Å²) in [5.41, 5.74) is 10.6. The van der Waals surface area contributed by atoms with Gasteiger partial charge in [-0.15, -0.1) is 0 Å². The van der Waals surface area contributed by atoms with Gasteiger partial charge in [0.1, 0.15) is 0 Å². The zero-order valence-corrected chi connectivity index (χ0v) is 11.9. The van der Waals surface area contributed by atoms with E-state index in [2.05, 4.69) is 22.5 Å². The van der Waals surface area contributed by atoms with E-state index in [4.69, 9.17) is 5.73 Å². The van der Waals surface area contributed by atoms with Crippen LogP contribution >= 0.6 is 0 Å². The molecule has 21 heavy (non-hydrogen) atoms. The van der Waals surface area contributed by atoms with Crippen molar-refractivity contribution in [2.75, 3.05) is 16.4 Å². The lowest BCUT2D eigenvalue weighted by atomic mass is 10.0. The summed E-state index contributed by atoms with van der Waals surface area (Å²) in [5, 5.41) is 6.27. The maximum atomic E-state index is 11.4. The minimum atomic E-state index is 0.0475. The van der Waals surface area contributed by atoms with Gasteiger partial charge in [-0.25, -0.2) is 0 Å². The van der Waals surface area contributed by atoms with Gasteiger partial charge in [-0.3, -0.25) is 9.78 Å². The monoisotopic (exact) mass is 282 g/mol. The van der Waals surface area contributed by atoms with Gasteiger partial charge < -0.3 is 16.4 Å². The lowest BCUT2D eigenvalue weighted by molar-refractivity contribution is -0.116. The summed E-state index contributed by atoms with van der Waals surface area (Å²) >= 11 is 0. The van der Waals surface area contributed by atoms with Crippen molar-refractivity contribution >= 4 is 23.0 Å². The van der Waals surface area contributed by atoms with Gasteiger partial charge in [-0.1, -0.05) is 6.07 Å². The van der Waals surface area contributed by atoms with E-state index in [-0.39, 0.29) is 11.9 Å². The second-order valence-corrected chi connectivity index (χ2v) is 5.30. The number of nitrogen functional groups attached to an aromatic ring is 1. The molecule has 1 atom stereocenters. The fourth-order valence-corrected chi connectivity index (χ4v) is 2.52. The Balaban J connectivity index is 1.84. The van der Waals surface area contributed by atoms with E-state index in [9.17, 15) is 4.79 Å². The molecule has 0 radical (unpaired) electrons. The summed E-state index contributed by atoms with van der Waals surface area (Å²) in [5.74, 6) is 0.0475. The molecule has 0 aliphatic carbocycles. The van der Waals surface area contributed by atoms with E-state index in [0.29, 0.717) is 12.1 Å². The summed E-state index contributed by atoms with van der Waals surface area (Å²) < 4.78 is 0. The number of aromatic nitrogens is 1. The number of pyridine rings is 1. The van der Waals surface area contributed by atoms with Crippen LogP contribution in [-0.2, 0) is 11.2 Å². The molecule has 108 valence electrons. The van der Waals surface area contributed by atoms with Crippen LogP contribution in [0.15, 0.2) is 36.7 Å². The van der Waals surface area contributed by atoms with E-state index in [1.165, 1.54) is 0 Å². The highest BCUT2D eigenvalue weighted by Crippen LogP contribution is 2.32. The van der Waals surface area contributed by atoms with Crippen LogP contribution in [0.3, 0.4) is 0 Å². The molecule has 5 heteroatoms. The second-order valence-electron chi connectivity index (χ2n) is 5.30. The number of fused-ring (bicyclic) bond motifs is 1. The third kappa shape index (κ3) is 2.81. The van der Waals surface area contributed by atoms with Gasteiger partial charge in [0.25, 0.3) is 0 Å². The van der Waals surface area contributed by atoms with E-state index < -0.39 is 0 Å². The molecule has 0 saturated carbocycles. The van der Waals surface area contributed by atoms with Gasteiger partial charge in [-0.05, 0) is 42.7 Å². The fraction of sp³-hybridized carbons (Fsp3) is 0.250. The van der Waals surface area contributed by atoms with E-state index in [1.54, 1.807) is 6.20 Å². The van der Waals surface area contributed by atoms with Crippen LogP contribution in [0, 0.1) is 0 Å². The molecule has 0 spiro atoms. The Bertz CT molecular complexity index is 669. The molecule has 0 fully saturated rings. The maximum absolute atomic E-state index is 11.4. The number of aryl methyl sites for hydroxylation is 1. The van der Waals surface area contributed by atoms with Crippen LogP contribution in [0.25, 0.3) is 0 Å². The largest absolute Gasteiger partial charge is 0.397 e. The second kappa shape index (κ2) is 5.44. The number of nitrogens with two attached hydrogens (primary N) is 1. The zero-order chi connectivity index (χ0) is 14.8. The number of anilines is 3. The quantitative estimate of drug-likeness (QED) is 0.756. The maximum Gasteiger partial charge on any atom is 0.224 e. The van der Waals surface area contributed by atoms with Gasteiger partial charge in [-0.2, -0.15) is 0 Å². The van der Waals surface area contributed by atoms with Gasteiger partial charge in [0.2, 0.25) is 5.91 Å². The molecule has 2 aromatic rings. The first-order valence-electron chi connectivity index (χ1n) is 7.02. The van der Waals surface area contributed by atoms with E-state index >= 15 is 0 Å². The molecule has 2 heterocycles. The Morgan fingerprint density at radius 3 is 3.00 bits per heavy atom. The van der Waals surface area contributed by atoms with Crippen molar-refractivity contribution in [3.8, 4) is 0 Å². The number of carbonyl (C=O) groups is 1. The summed E-state index contributed by atoms with van der Waals surface area (Å²) in [7, 11) is 0. The summed E-state index contributed by atoms with van der Waals surface area (Å²) in [6, 6.07) is 7.90. The first-order chi connectivity index (χ1) is 10.1. The van der Waals surface area contributed by atoms with Crippen molar-refractivity contribution in [1.29, 1.82) is 0 Å². The molecule has 4 N–H and O–H groups in total. The van der Waals surface area contributed by atoms with Crippen LogP contribution in [0.1, 0.15) is 30.5 Å². The molecular weight excluding hydrogens is 264 g/mol. The molecule has 1 aromatic carbocycles. The number of rotatable bonds is 3. The van der Waals surface area contributed by atoms with E-state index in [1.807, 2.05) is 30.5 Å². The number of hydrogen-bond donors (Lipinski definition) is 3. The number of carbonyl (C=O) groups excluding carboxylic acids is 1. The Labute approximate surface area is 123 Å². The predicted molar refractivity (Wildman–Crippen MR) is 84.1 cm³/mol. The summed E-state index contributed by atoms with van der Waals surface area (Å²) in [4.78, 5) is 15.5. The highest BCUT2D eigenvalue weighted by Gasteiger charge is 2.17. The molecule has 1 aliphatic heterocycles. The Kier molecular flexibility index (Phi) is 3.48. The molecule has 1 unspecified atom stereocenters. The highest BCUT2D eigenvalue weighted by atomic mass is 16.1. The SMILES string of the molecule is CC(Nc1cc2c(cc1N)NC(=O)CC2)c1cccnc1. The molecule has 1 aliphatic rings. The van der Waals surface area contributed by atoms with Crippen LogP contribution in [0.5, 0.6) is 0 Å². The summed E-state index contributed by atoms with van der Waals surface area (Å²) in [6.07, 6.45) is 4.87.